The number of hydrogen-bond donors (Lipinski definition) is 1. The molecule has 2 rings (SSSR count). The predicted octanol–water partition coefficient (Wildman–Crippen LogP) is 4.04. The molecule has 0 saturated heterocycles. The topological polar surface area (TPSA) is 26.0 Å². The second-order valence-electron chi connectivity index (χ2n) is 3.74. The van der Waals surface area contributed by atoms with Crippen molar-refractivity contribution in [2.24, 2.45) is 5.73 Å². The van der Waals surface area contributed by atoms with Crippen LogP contribution in [0.4, 0.5) is 8.78 Å². The summed E-state index contributed by atoms with van der Waals surface area (Å²) >= 11 is 7.04. The predicted molar refractivity (Wildman–Crippen MR) is 66.5 cm³/mol. The Labute approximate surface area is 107 Å². The van der Waals surface area contributed by atoms with Crippen molar-refractivity contribution >= 4 is 22.9 Å². The average molecular weight is 274 g/mol. The maximum atomic E-state index is 13.7. The lowest BCUT2D eigenvalue weighted by molar-refractivity contribution is 0.571. The summed E-state index contributed by atoms with van der Waals surface area (Å²) in [5.41, 5.74) is 6.31. The number of benzene rings is 1. The zero-order chi connectivity index (χ0) is 12.6. The molecule has 5 heteroatoms. The van der Waals surface area contributed by atoms with Gasteiger partial charge in [0.15, 0.2) is 0 Å². The van der Waals surface area contributed by atoms with Crippen molar-refractivity contribution in [1.82, 2.24) is 0 Å². The van der Waals surface area contributed by atoms with E-state index in [1.807, 2.05) is 0 Å². The molecule has 17 heavy (non-hydrogen) atoms. The molecule has 1 unspecified atom stereocenters. The minimum Gasteiger partial charge on any atom is -0.320 e. The van der Waals surface area contributed by atoms with Gasteiger partial charge >= 0.3 is 0 Å². The minimum atomic E-state index is -0.692. The minimum absolute atomic E-state index is 0.145. The summed E-state index contributed by atoms with van der Waals surface area (Å²) in [6, 6.07) is 5.00. The van der Waals surface area contributed by atoms with Gasteiger partial charge in [0.1, 0.15) is 11.6 Å². The number of rotatable bonds is 2. The van der Waals surface area contributed by atoms with Crippen LogP contribution in [0, 0.1) is 18.6 Å². The lowest BCUT2D eigenvalue weighted by atomic mass is 10.0. The normalized spacial score (nSPS) is 12.8. The highest BCUT2D eigenvalue weighted by Crippen LogP contribution is 2.31. The summed E-state index contributed by atoms with van der Waals surface area (Å²) in [4.78, 5) is 0.706. The molecule has 2 N–H and O–H groups in total. The van der Waals surface area contributed by atoms with Gasteiger partial charge in [0.25, 0.3) is 0 Å². The Balaban J connectivity index is 2.43. The van der Waals surface area contributed by atoms with Crippen molar-refractivity contribution in [1.29, 1.82) is 0 Å². The first kappa shape index (κ1) is 12.5. The third-order valence-electron chi connectivity index (χ3n) is 2.51. The van der Waals surface area contributed by atoms with E-state index in [0.29, 0.717) is 9.21 Å². The average Bonchev–Trinajstić information content (AvgIpc) is 2.69. The van der Waals surface area contributed by atoms with Gasteiger partial charge in [-0.1, -0.05) is 11.6 Å². The molecule has 0 amide bonds. The molecule has 0 fully saturated rings. The SMILES string of the molecule is Cc1cc(F)c(C(N)c2ccc(Cl)s2)cc1F. The standard InChI is InChI=1S/C12H10ClF2NS/c1-6-4-9(15)7(5-8(6)14)12(16)10-2-3-11(13)17-10/h2-5,12H,16H2,1H3. The molecule has 0 aliphatic rings. The zero-order valence-corrected chi connectivity index (χ0v) is 10.6. The van der Waals surface area contributed by atoms with Crippen LogP contribution in [-0.2, 0) is 0 Å². The van der Waals surface area contributed by atoms with Gasteiger partial charge in [0, 0.05) is 10.4 Å². The van der Waals surface area contributed by atoms with Crippen LogP contribution in [0.5, 0.6) is 0 Å². The first-order valence-electron chi connectivity index (χ1n) is 4.95. The molecule has 1 nitrogen and oxygen atoms in total. The van der Waals surface area contributed by atoms with Crippen LogP contribution in [0.1, 0.15) is 22.0 Å². The number of hydrogen-bond acceptors (Lipinski definition) is 2. The van der Waals surface area contributed by atoms with E-state index in [1.54, 1.807) is 12.1 Å². The summed E-state index contributed by atoms with van der Waals surface area (Å²) in [5.74, 6) is -0.958. The van der Waals surface area contributed by atoms with Crippen LogP contribution in [0.25, 0.3) is 0 Å². The number of nitrogens with two attached hydrogens (primary N) is 1. The van der Waals surface area contributed by atoms with Gasteiger partial charge in [-0.05, 0) is 36.8 Å². The fraction of sp³-hybridized carbons (Fsp3) is 0.167. The molecular weight excluding hydrogens is 264 g/mol. The van der Waals surface area contributed by atoms with Gasteiger partial charge in [0.05, 0.1) is 10.4 Å². The molecule has 1 aromatic heterocycles. The largest absolute Gasteiger partial charge is 0.320 e. The maximum Gasteiger partial charge on any atom is 0.128 e. The van der Waals surface area contributed by atoms with Gasteiger partial charge in [0.2, 0.25) is 0 Å². The molecule has 1 heterocycles. The molecular formula is C12H10ClF2NS. The van der Waals surface area contributed by atoms with E-state index in [2.05, 4.69) is 0 Å². The monoisotopic (exact) mass is 273 g/mol. The summed E-state index contributed by atoms with van der Waals surface area (Å²) in [6.45, 7) is 1.51. The Morgan fingerprint density at radius 2 is 1.94 bits per heavy atom. The molecule has 0 spiro atoms. The van der Waals surface area contributed by atoms with E-state index >= 15 is 0 Å². The second kappa shape index (κ2) is 4.72. The fourth-order valence-corrected chi connectivity index (χ4v) is 2.63. The molecule has 0 saturated carbocycles. The molecule has 90 valence electrons. The Morgan fingerprint density at radius 3 is 2.53 bits per heavy atom. The first-order valence-corrected chi connectivity index (χ1v) is 6.15. The van der Waals surface area contributed by atoms with Crippen LogP contribution in [0.15, 0.2) is 24.3 Å². The zero-order valence-electron chi connectivity index (χ0n) is 9.01. The third-order valence-corrected chi connectivity index (χ3v) is 3.83. The van der Waals surface area contributed by atoms with Gasteiger partial charge < -0.3 is 5.73 Å². The lowest BCUT2D eigenvalue weighted by Crippen LogP contribution is -2.13. The highest BCUT2D eigenvalue weighted by Gasteiger charge is 2.17. The number of aryl methyl sites for hydroxylation is 1. The Kier molecular flexibility index (Phi) is 3.47. The van der Waals surface area contributed by atoms with Crippen LogP contribution in [-0.4, -0.2) is 0 Å². The second-order valence-corrected chi connectivity index (χ2v) is 5.49. The van der Waals surface area contributed by atoms with E-state index in [-0.39, 0.29) is 11.1 Å². The van der Waals surface area contributed by atoms with Crippen LogP contribution in [0.2, 0.25) is 4.34 Å². The highest BCUT2D eigenvalue weighted by atomic mass is 35.5. The van der Waals surface area contributed by atoms with Crippen molar-refractivity contribution in [2.45, 2.75) is 13.0 Å². The van der Waals surface area contributed by atoms with Crippen molar-refractivity contribution in [3.63, 3.8) is 0 Å². The molecule has 2 aromatic rings. The smallest absolute Gasteiger partial charge is 0.128 e. The number of thiophene rings is 1. The van der Waals surface area contributed by atoms with Crippen molar-refractivity contribution in [2.75, 3.05) is 0 Å². The van der Waals surface area contributed by atoms with Crippen LogP contribution < -0.4 is 5.73 Å². The van der Waals surface area contributed by atoms with Gasteiger partial charge in [-0.3, -0.25) is 0 Å². The van der Waals surface area contributed by atoms with Crippen molar-refractivity contribution in [3.8, 4) is 0 Å². The lowest BCUT2D eigenvalue weighted by Gasteiger charge is -2.12. The fourth-order valence-electron chi connectivity index (χ4n) is 1.55. The van der Waals surface area contributed by atoms with E-state index in [0.717, 1.165) is 12.1 Å². The van der Waals surface area contributed by atoms with E-state index in [4.69, 9.17) is 17.3 Å². The Bertz CT molecular complexity index is 553. The quantitative estimate of drug-likeness (QED) is 0.878. The molecule has 1 aromatic carbocycles. The Hall–Kier alpha value is -0.970. The summed E-state index contributed by atoms with van der Waals surface area (Å²) in [7, 11) is 0. The number of halogens is 3. The maximum absolute atomic E-state index is 13.7. The van der Waals surface area contributed by atoms with Gasteiger partial charge in [-0.15, -0.1) is 11.3 Å². The van der Waals surface area contributed by atoms with Crippen LogP contribution >= 0.6 is 22.9 Å². The summed E-state index contributed by atoms with van der Waals surface area (Å²) < 4.78 is 27.7. The first-order chi connectivity index (χ1) is 7.99. The third kappa shape index (κ3) is 2.49. The molecule has 0 radical (unpaired) electrons. The summed E-state index contributed by atoms with van der Waals surface area (Å²) in [5, 5.41) is 0. The van der Waals surface area contributed by atoms with Gasteiger partial charge in [-0.25, -0.2) is 8.78 Å². The molecule has 0 bridgehead atoms. The van der Waals surface area contributed by atoms with Crippen LogP contribution in [0.3, 0.4) is 0 Å². The Morgan fingerprint density at radius 1 is 1.24 bits per heavy atom. The molecule has 1 atom stereocenters. The molecule has 0 aliphatic heterocycles. The van der Waals surface area contributed by atoms with E-state index in [9.17, 15) is 8.78 Å². The van der Waals surface area contributed by atoms with E-state index in [1.165, 1.54) is 18.3 Å². The highest BCUT2D eigenvalue weighted by molar-refractivity contribution is 7.16. The van der Waals surface area contributed by atoms with Crippen molar-refractivity contribution in [3.05, 3.63) is 56.2 Å². The van der Waals surface area contributed by atoms with E-state index < -0.39 is 17.7 Å². The van der Waals surface area contributed by atoms with Crippen molar-refractivity contribution < 1.29 is 8.78 Å². The summed E-state index contributed by atoms with van der Waals surface area (Å²) in [6.07, 6.45) is 0. The molecule has 0 aliphatic carbocycles. The van der Waals surface area contributed by atoms with Gasteiger partial charge in [-0.2, -0.15) is 0 Å².